The summed E-state index contributed by atoms with van der Waals surface area (Å²) in [7, 11) is 1.53. The van der Waals surface area contributed by atoms with Gasteiger partial charge in [0, 0.05) is 12.1 Å². The molecule has 0 heterocycles. The Morgan fingerprint density at radius 3 is 2.55 bits per heavy atom. The molecule has 0 radical (unpaired) electrons. The van der Waals surface area contributed by atoms with E-state index in [1.165, 1.54) is 13.2 Å². The molecule has 1 saturated carbocycles. The second-order valence-electron chi connectivity index (χ2n) is 7.64. The topological polar surface area (TPSA) is 73.9 Å². The molecule has 1 N–H and O–H groups in total. The molecule has 0 saturated heterocycles. The van der Waals surface area contributed by atoms with E-state index in [9.17, 15) is 9.59 Å². The lowest BCUT2D eigenvalue weighted by molar-refractivity contribution is -0.150. The lowest BCUT2D eigenvalue weighted by Gasteiger charge is -2.16. The van der Waals surface area contributed by atoms with Crippen LogP contribution in [-0.4, -0.2) is 37.7 Å². The molecule has 1 fully saturated rings. The van der Waals surface area contributed by atoms with Gasteiger partial charge in [-0.15, -0.1) is 0 Å². The van der Waals surface area contributed by atoms with E-state index in [0.717, 1.165) is 25.7 Å². The van der Waals surface area contributed by atoms with Crippen molar-refractivity contribution in [2.75, 3.05) is 13.7 Å². The third-order valence-electron chi connectivity index (χ3n) is 4.59. The largest absolute Gasteiger partial charge is 0.493 e. The Balaban J connectivity index is 1.96. The minimum absolute atomic E-state index is 0.185. The Bertz CT molecular complexity index is 741. The number of hydrogen-bond acceptors (Lipinski definition) is 5. The molecule has 0 unspecified atom stereocenters. The zero-order valence-electron chi connectivity index (χ0n) is 17.5. The fraction of sp³-hybridized carbons (Fsp3) is 0.545. The fourth-order valence-corrected chi connectivity index (χ4v) is 3.32. The molecule has 1 aromatic rings. The number of carbonyl (C=O) groups is 2. The van der Waals surface area contributed by atoms with Gasteiger partial charge in [0.2, 0.25) is 0 Å². The third-order valence-corrected chi connectivity index (χ3v) is 4.87. The van der Waals surface area contributed by atoms with Gasteiger partial charge in [-0.25, -0.2) is 4.79 Å². The van der Waals surface area contributed by atoms with Crippen LogP contribution in [0.3, 0.4) is 0 Å². The quantitative estimate of drug-likeness (QED) is 0.471. The molecule has 0 aromatic heterocycles. The van der Waals surface area contributed by atoms with Crippen molar-refractivity contribution >= 4 is 29.6 Å². The van der Waals surface area contributed by atoms with Gasteiger partial charge in [0.15, 0.2) is 17.6 Å². The zero-order chi connectivity index (χ0) is 21.4. The van der Waals surface area contributed by atoms with E-state index in [0.29, 0.717) is 34.6 Å². The highest BCUT2D eigenvalue weighted by Crippen LogP contribution is 2.37. The average molecular weight is 424 g/mol. The van der Waals surface area contributed by atoms with Crippen LogP contribution in [0.4, 0.5) is 0 Å². The van der Waals surface area contributed by atoms with Crippen molar-refractivity contribution in [3.05, 3.63) is 28.8 Å². The van der Waals surface area contributed by atoms with Crippen molar-refractivity contribution in [1.29, 1.82) is 0 Å². The van der Waals surface area contributed by atoms with E-state index in [1.807, 2.05) is 13.8 Å². The van der Waals surface area contributed by atoms with E-state index in [4.69, 9.17) is 25.8 Å². The number of ether oxygens (including phenoxy) is 3. The third kappa shape index (κ3) is 7.28. The summed E-state index contributed by atoms with van der Waals surface area (Å²) in [4.78, 5) is 24.2. The number of rotatable bonds is 9. The van der Waals surface area contributed by atoms with Crippen molar-refractivity contribution in [3.63, 3.8) is 0 Å². The first-order valence-corrected chi connectivity index (χ1v) is 10.4. The maximum atomic E-state index is 12.1. The van der Waals surface area contributed by atoms with Gasteiger partial charge < -0.3 is 19.5 Å². The van der Waals surface area contributed by atoms with Gasteiger partial charge in [0.1, 0.15) is 0 Å². The van der Waals surface area contributed by atoms with Gasteiger partial charge in [-0.2, -0.15) is 0 Å². The Hall–Kier alpha value is -2.21. The Labute approximate surface area is 177 Å². The molecule has 160 valence electrons. The van der Waals surface area contributed by atoms with Gasteiger partial charge >= 0.3 is 5.97 Å². The number of nitrogens with one attached hydrogen (secondary N) is 1. The first-order chi connectivity index (χ1) is 13.8. The molecule has 0 aliphatic heterocycles. The van der Waals surface area contributed by atoms with Crippen molar-refractivity contribution in [2.24, 2.45) is 5.92 Å². The maximum absolute atomic E-state index is 12.1. The smallest absolute Gasteiger partial charge is 0.331 e. The molecule has 1 aliphatic carbocycles. The summed E-state index contributed by atoms with van der Waals surface area (Å²) in [6.07, 6.45) is 6.17. The highest BCUT2D eigenvalue weighted by Gasteiger charge is 2.22. The predicted molar refractivity (Wildman–Crippen MR) is 113 cm³/mol. The first kappa shape index (κ1) is 23.1. The number of esters is 1. The SMILES string of the molecule is COc1cc(/C=C/C(=O)O[C@@H](C)C(=O)NC2CCCC2)cc(Cl)c1OCC(C)C. The second-order valence-corrected chi connectivity index (χ2v) is 8.05. The molecule has 6 nitrogen and oxygen atoms in total. The summed E-state index contributed by atoms with van der Waals surface area (Å²) in [6.45, 7) is 6.16. The Morgan fingerprint density at radius 1 is 1.24 bits per heavy atom. The summed E-state index contributed by atoms with van der Waals surface area (Å²) in [6, 6.07) is 3.59. The van der Waals surface area contributed by atoms with Crippen molar-refractivity contribution in [1.82, 2.24) is 5.32 Å². The predicted octanol–water partition coefficient (Wildman–Crippen LogP) is 4.39. The van der Waals surface area contributed by atoms with E-state index < -0.39 is 12.1 Å². The lowest BCUT2D eigenvalue weighted by Crippen LogP contribution is -2.40. The number of methoxy groups -OCH3 is 1. The number of amides is 1. The van der Waals surface area contributed by atoms with E-state index in [-0.39, 0.29) is 11.9 Å². The monoisotopic (exact) mass is 423 g/mol. The maximum Gasteiger partial charge on any atom is 0.331 e. The summed E-state index contributed by atoms with van der Waals surface area (Å²) in [5, 5.41) is 3.31. The summed E-state index contributed by atoms with van der Waals surface area (Å²) in [5.41, 5.74) is 0.656. The number of halogens is 1. The van der Waals surface area contributed by atoms with Crippen LogP contribution in [0.25, 0.3) is 6.08 Å². The van der Waals surface area contributed by atoms with Crippen molar-refractivity contribution < 1.29 is 23.8 Å². The molecule has 1 aliphatic rings. The lowest BCUT2D eigenvalue weighted by atomic mass is 10.2. The van der Waals surface area contributed by atoms with Crippen molar-refractivity contribution in [2.45, 2.75) is 58.6 Å². The molecule has 1 amide bonds. The van der Waals surface area contributed by atoms with E-state index in [1.54, 1.807) is 25.1 Å². The normalized spacial score (nSPS) is 15.5. The Morgan fingerprint density at radius 2 is 1.93 bits per heavy atom. The first-order valence-electron chi connectivity index (χ1n) is 9.99. The highest BCUT2D eigenvalue weighted by molar-refractivity contribution is 6.32. The minimum atomic E-state index is -0.849. The number of hydrogen-bond donors (Lipinski definition) is 1. The number of carbonyl (C=O) groups excluding carboxylic acids is 2. The van der Waals surface area contributed by atoms with Crippen LogP contribution in [0.15, 0.2) is 18.2 Å². The van der Waals surface area contributed by atoms with Gasteiger partial charge in [0.05, 0.1) is 18.7 Å². The molecular formula is C22H30ClNO5. The van der Waals surface area contributed by atoms with Crippen LogP contribution in [-0.2, 0) is 14.3 Å². The van der Waals surface area contributed by atoms with Crippen LogP contribution in [0.1, 0.15) is 52.0 Å². The van der Waals surface area contributed by atoms with Crippen LogP contribution in [0, 0.1) is 5.92 Å². The second kappa shape index (κ2) is 11.1. The van der Waals surface area contributed by atoms with E-state index >= 15 is 0 Å². The van der Waals surface area contributed by atoms with Gasteiger partial charge in [-0.1, -0.05) is 38.3 Å². The number of benzene rings is 1. The Kier molecular flexibility index (Phi) is 8.83. The van der Waals surface area contributed by atoms with Crippen LogP contribution >= 0.6 is 11.6 Å². The summed E-state index contributed by atoms with van der Waals surface area (Å²) < 4.78 is 16.3. The van der Waals surface area contributed by atoms with Crippen LogP contribution in [0.5, 0.6) is 11.5 Å². The molecule has 1 aromatic carbocycles. The summed E-state index contributed by atoms with van der Waals surface area (Å²) in [5.74, 6) is 0.428. The average Bonchev–Trinajstić information content (AvgIpc) is 3.17. The highest BCUT2D eigenvalue weighted by atomic mass is 35.5. The molecule has 0 spiro atoms. The van der Waals surface area contributed by atoms with Crippen molar-refractivity contribution in [3.8, 4) is 11.5 Å². The fourth-order valence-electron chi connectivity index (χ4n) is 3.05. The van der Waals surface area contributed by atoms with Gasteiger partial charge in [-0.05, 0) is 49.5 Å². The van der Waals surface area contributed by atoms with Crippen LogP contribution < -0.4 is 14.8 Å². The van der Waals surface area contributed by atoms with Gasteiger partial charge in [-0.3, -0.25) is 4.79 Å². The molecule has 2 rings (SSSR count). The molecule has 1 atom stereocenters. The van der Waals surface area contributed by atoms with E-state index in [2.05, 4.69) is 5.32 Å². The standard InChI is InChI=1S/C22H30ClNO5/c1-14(2)13-28-21-18(23)11-16(12-19(21)27-4)9-10-20(25)29-15(3)22(26)24-17-7-5-6-8-17/h9-12,14-15,17H,5-8,13H2,1-4H3,(H,24,26)/b10-9+/t15-/m0/s1. The molecular weight excluding hydrogens is 394 g/mol. The minimum Gasteiger partial charge on any atom is -0.493 e. The molecule has 7 heteroatoms. The zero-order valence-corrected chi connectivity index (χ0v) is 18.3. The van der Waals surface area contributed by atoms with Crippen LogP contribution in [0.2, 0.25) is 5.02 Å². The van der Waals surface area contributed by atoms with Gasteiger partial charge in [0.25, 0.3) is 5.91 Å². The molecule has 29 heavy (non-hydrogen) atoms. The summed E-state index contributed by atoms with van der Waals surface area (Å²) >= 11 is 6.31. The molecule has 0 bridgehead atoms.